The summed E-state index contributed by atoms with van der Waals surface area (Å²) in [5.74, 6) is -3.81. The minimum Gasteiger partial charge on any atom is -0.479 e. The summed E-state index contributed by atoms with van der Waals surface area (Å²) < 4.78 is 0. The lowest BCUT2D eigenvalue weighted by Crippen LogP contribution is -2.46. The molecule has 0 aromatic heterocycles. The fourth-order valence-electron chi connectivity index (χ4n) is 1.23. The van der Waals surface area contributed by atoms with Gasteiger partial charge in [0.05, 0.1) is 5.92 Å². The van der Waals surface area contributed by atoms with Crippen LogP contribution in [-0.2, 0) is 9.59 Å². The van der Waals surface area contributed by atoms with Crippen LogP contribution in [-0.4, -0.2) is 39.4 Å². The number of carbonyl (C=O) groups excluding carboxylic acids is 1. The molecule has 0 saturated carbocycles. The molecular formula is C8H15NO5. The van der Waals surface area contributed by atoms with Gasteiger partial charge in [0.25, 0.3) is 0 Å². The average Bonchev–Trinajstić information content (AvgIpc) is 2.01. The molecule has 0 bridgehead atoms. The summed E-state index contributed by atoms with van der Waals surface area (Å²) in [5.41, 5.74) is 4.97. The Labute approximate surface area is 81.3 Å². The van der Waals surface area contributed by atoms with E-state index in [4.69, 9.17) is 15.9 Å². The van der Waals surface area contributed by atoms with Crippen molar-refractivity contribution in [3.63, 3.8) is 0 Å². The fourth-order valence-corrected chi connectivity index (χ4v) is 1.23. The van der Waals surface area contributed by atoms with Gasteiger partial charge in [0.15, 0.2) is 6.10 Å². The third-order valence-electron chi connectivity index (χ3n) is 1.99. The predicted molar refractivity (Wildman–Crippen MR) is 47.2 cm³/mol. The van der Waals surface area contributed by atoms with E-state index in [-0.39, 0.29) is 5.92 Å². The van der Waals surface area contributed by atoms with Gasteiger partial charge in [-0.1, -0.05) is 13.8 Å². The minimum atomic E-state index is -1.99. The van der Waals surface area contributed by atoms with Crippen molar-refractivity contribution in [3.8, 4) is 0 Å². The zero-order valence-electron chi connectivity index (χ0n) is 8.04. The van der Waals surface area contributed by atoms with E-state index >= 15 is 0 Å². The van der Waals surface area contributed by atoms with Gasteiger partial charge in [-0.2, -0.15) is 0 Å². The molecule has 14 heavy (non-hydrogen) atoms. The van der Waals surface area contributed by atoms with Crippen molar-refractivity contribution in [2.75, 3.05) is 0 Å². The van der Waals surface area contributed by atoms with E-state index in [2.05, 4.69) is 0 Å². The molecule has 1 amide bonds. The maximum Gasteiger partial charge on any atom is 0.335 e. The van der Waals surface area contributed by atoms with Crippen LogP contribution >= 0.6 is 0 Å². The van der Waals surface area contributed by atoms with Crippen molar-refractivity contribution in [3.05, 3.63) is 0 Å². The van der Waals surface area contributed by atoms with Crippen LogP contribution in [0.2, 0.25) is 0 Å². The molecule has 0 heterocycles. The van der Waals surface area contributed by atoms with Crippen LogP contribution in [0.25, 0.3) is 0 Å². The van der Waals surface area contributed by atoms with E-state index in [1.54, 1.807) is 13.8 Å². The lowest BCUT2D eigenvalue weighted by molar-refractivity contribution is -0.157. The Hall–Kier alpha value is -1.14. The third-order valence-corrected chi connectivity index (χ3v) is 1.99. The van der Waals surface area contributed by atoms with E-state index < -0.39 is 30.0 Å². The Kier molecular flexibility index (Phi) is 4.52. The molecule has 3 atom stereocenters. The maximum atomic E-state index is 10.9. The van der Waals surface area contributed by atoms with Crippen LogP contribution in [0.1, 0.15) is 13.8 Å². The van der Waals surface area contributed by atoms with Gasteiger partial charge in [0.1, 0.15) is 6.10 Å². The number of carboxylic acids is 1. The molecule has 0 spiro atoms. The zero-order valence-corrected chi connectivity index (χ0v) is 8.04. The van der Waals surface area contributed by atoms with Crippen LogP contribution in [0.5, 0.6) is 0 Å². The van der Waals surface area contributed by atoms with E-state index in [0.717, 1.165) is 0 Å². The molecule has 0 aliphatic heterocycles. The number of aliphatic hydroxyl groups excluding tert-OH is 2. The first-order chi connectivity index (χ1) is 6.29. The molecule has 0 radical (unpaired) electrons. The first-order valence-electron chi connectivity index (χ1n) is 4.17. The first kappa shape index (κ1) is 12.9. The molecule has 0 aliphatic carbocycles. The highest BCUT2D eigenvalue weighted by Gasteiger charge is 2.36. The Morgan fingerprint density at radius 1 is 1.21 bits per heavy atom. The van der Waals surface area contributed by atoms with Crippen molar-refractivity contribution in [2.45, 2.75) is 26.1 Å². The summed E-state index contributed by atoms with van der Waals surface area (Å²) in [6.45, 7) is 3.21. The summed E-state index contributed by atoms with van der Waals surface area (Å²) in [6.07, 6.45) is -3.67. The molecule has 0 aromatic carbocycles. The highest BCUT2D eigenvalue weighted by molar-refractivity contribution is 5.80. The van der Waals surface area contributed by atoms with Crippen LogP contribution in [0.3, 0.4) is 0 Å². The molecule has 82 valence electrons. The average molecular weight is 205 g/mol. The summed E-state index contributed by atoms with van der Waals surface area (Å²) in [5, 5.41) is 26.8. The molecule has 6 nitrogen and oxygen atoms in total. The lowest BCUT2D eigenvalue weighted by atomic mass is 9.87. The second kappa shape index (κ2) is 4.92. The number of rotatable bonds is 5. The molecule has 0 unspecified atom stereocenters. The molecule has 6 heteroatoms. The van der Waals surface area contributed by atoms with E-state index in [1.165, 1.54) is 0 Å². The van der Waals surface area contributed by atoms with Gasteiger partial charge in [-0.05, 0) is 5.92 Å². The number of aliphatic hydroxyl groups is 2. The van der Waals surface area contributed by atoms with Crippen molar-refractivity contribution in [1.29, 1.82) is 0 Å². The topological polar surface area (TPSA) is 121 Å². The quantitative estimate of drug-likeness (QED) is 0.437. The lowest BCUT2D eigenvalue weighted by Gasteiger charge is -2.24. The number of carbonyl (C=O) groups is 2. The van der Waals surface area contributed by atoms with E-state index in [0.29, 0.717) is 0 Å². The first-order valence-corrected chi connectivity index (χ1v) is 4.17. The number of hydrogen-bond acceptors (Lipinski definition) is 4. The molecule has 0 aliphatic rings. The van der Waals surface area contributed by atoms with Crippen LogP contribution in [0.4, 0.5) is 0 Å². The summed E-state index contributed by atoms with van der Waals surface area (Å²) in [7, 11) is 0. The van der Waals surface area contributed by atoms with Gasteiger partial charge >= 0.3 is 5.97 Å². The predicted octanol–water partition coefficient (Wildman–Crippen LogP) is -1.45. The number of nitrogens with two attached hydrogens (primary N) is 1. The number of amides is 1. The van der Waals surface area contributed by atoms with Gasteiger partial charge in [-0.15, -0.1) is 0 Å². The zero-order chi connectivity index (χ0) is 11.5. The number of hydrogen-bond donors (Lipinski definition) is 4. The highest BCUT2D eigenvalue weighted by atomic mass is 16.4. The van der Waals surface area contributed by atoms with Gasteiger partial charge in [-0.25, -0.2) is 4.79 Å². The SMILES string of the molecule is CC(C)[C@H](C(N)=O)[C@@H](O)[C@H](O)C(=O)O. The monoisotopic (exact) mass is 205 g/mol. The van der Waals surface area contributed by atoms with Gasteiger partial charge < -0.3 is 21.1 Å². The van der Waals surface area contributed by atoms with Gasteiger partial charge in [0.2, 0.25) is 5.91 Å². The van der Waals surface area contributed by atoms with Crippen molar-refractivity contribution in [2.24, 2.45) is 17.6 Å². The standard InChI is InChI=1S/C8H15NO5/c1-3(2)4(7(9)12)5(10)6(11)8(13)14/h3-6,10-11H,1-2H3,(H2,9,12)(H,13,14)/t4-,5+,6-/m0/s1. The Morgan fingerprint density at radius 2 is 1.64 bits per heavy atom. The summed E-state index contributed by atoms with van der Waals surface area (Å²) >= 11 is 0. The van der Waals surface area contributed by atoms with Crippen molar-refractivity contribution in [1.82, 2.24) is 0 Å². The second-order valence-electron chi connectivity index (χ2n) is 3.45. The largest absolute Gasteiger partial charge is 0.479 e. The normalized spacial score (nSPS) is 17.5. The molecule has 0 rings (SSSR count). The number of primary amides is 1. The minimum absolute atomic E-state index is 0.337. The van der Waals surface area contributed by atoms with Gasteiger partial charge in [0, 0.05) is 0 Å². The Balaban J connectivity index is 4.68. The second-order valence-corrected chi connectivity index (χ2v) is 3.45. The maximum absolute atomic E-state index is 10.9. The molecule has 0 saturated heterocycles. The smallest absolute Gasteiger partial charge is 0.335 e. The number of aliphatic carboxylic acids is 1. The molecule has 5 N–H and O–H groups in total. The Morgan fingerprint density at radius 3 is 1.86 bits per heavy atom. The highest BCUT2D eigenvalue weighted by Crippen LogP contribution is 2.17. The Bertz CT molecular complexity index is 228. The van der Waals surface area contributed by atoms with Crippen molar-refractivity contribution < 1.29 is 24.9 Å². The van der Waals surface area contributed by atoms with Crippen LogP contribution in [0.15, 0.2) is 0 Å². The molecular weight excluding hydrogens is 190 g/mol. The van der Waals surface area contributed by atoms with Crippen LogP contribution in [0, 0.1) is 11.8 Å². The van der Waals surface area contributed by atoms with E-state index in [1.807, 2.05) is 0 Å². The third kappa shape index (κ3) is 2.97. The molecule has 0 fully saturated rings. The molecule has 0 aromatic rings. The summed E-state index contributed by atoms with van der Waals surface area (Å²) in [6, 6.07) is 0. The fraction of sp³-hybridized carbons (Fsp3) is 0.750. The number of carboxylic acid groups (broad SMARTS) is 1. The van der Waals surface area contributed by atoms with Crippen molar-refractivity contribution >= 4 is 11.9 Å². The van der Waals surface area contributed by atoms with Crippen LogP contribution < -0.4 is 5.73 Å². The summed E-state index contributed by atoms with van der Waals surface area (Å²) in [4.78, 5) is 21.2. The van der Waals surface area contributed by atoms with Gasteiger partial charge in [-0.3, -0.25) is 4.79 Å². The van der Waals surface area contributed by atoms with E-state index in [9.17, 15) is 14.7 Å².